The molecule has 1 aromatic rings. The first-order chi connectivity index (χ1) is 7.31. The lowest BCUT2D eigenvalue weighted by molar-refractivity contribution is 0.0229. The van der Waals surface area contributed by atoms with Crippen molar-refractivity contribution in [1.29, 1.82) is 0 Å². The summed E-state index contributed by atoms with van der Waals surface area (Å²) in [7, 11) is 0. The van der Waals surface area contributed by atoms with Crippen molar-refractivity contribution < 1.29 is 18.7 Å². The molecule has 0 aliphatic heterocycles. The van der Waals surface area contributed by atoms with Gasteiger partial charge in [0.05, 0.1) is 0 Å². The number of ether oxygens (including phenoxy) is 1. The van der Waals surface area contributed by atoms with Crippen LogP contribution in [0.15, 0.2) is 16.5 Å². The molecule has 0 spiro atoms. The van der Waals surface area contributed by atoms with Crippen molar-refractivity contribution in [3.05, 3.63) is 24.2 Å². The van der Waals surface area contributed by atoms with Crippen LogP contribution < -0.4 is 5.84 Å². The smallest absolute Gasteiger partial charge is 0.432 e. The van der Waals surface area contributed by atoms with E-state index in [0.717, 1.165) is 0 Å². The maximum Gasteiger partial charge on any atom is 0.432 e. The summed E-state index contributed by atoms with van der Waals surface area (Å²) in [6.45, 7) is 5.01. The van der Waals surface area contributed by atoms with Gasteiger partial charge in [0.15, 0.2) is 12.0 Å². The Morgan fingerprint density at radius 1 is 1.50 bits per heavy atom. The lowest BCUT2D eigenvalue weighted by Crippen LogP contribution is -2.45. The van der Waals surface area contributed by atoms with E-state index < -0.39 is 17.6 Å². The number of furan rings is 1. The summed E-state index contributed by atoms with van der Waals surface area (Å²) < 4.78 is 9.60. The number of carbonyl (C=O) groups excluding carboxylic acids is 2. The Bertz CT molecular complexity index is 378. The van der Waals surface area contributed by atoms with E-state index in [9.17, 15) is 9.59 Å². The first-order valence-corrected chi connectivity index (χ1v) is 4.59. The van der Waals surface area contributed by atoms with Crippen molar-refractivity contribution >= 4 is 12.0 Å². The van der Waals surface area contributed by atoms with Gasteiger partial charge in [-0.25, -0.2) is 10.6 Å². The maximum atomic E-state index is 11.5. The molecule has 0 fully saturated rings. The van der Waals surface area contributed by atoms with Gasteiger partial charge in [0.2, 0.25) is 0 Å². The van der Waals surface area contributed by atoms with Crippen LogP contribution in [0.5, 0.6) is 0 Å². The summed E-state index contributed by atoms with van der Waals surface area (Å²) in [5, 5.41) is 0.359. The normalized spacial score (nSPS) is 11.0. The molecule has 0 atom stereocenters. The molecule has 1 aromatic heterocycles. The molecule has 2 N–H and O–H groups in total. The predicted molar refractivity (Wildman–Crippen MR) is 54.1 cm³/mol. The molecule has 6 heteroatoms. The maximum absolute atomic E-state index is 11.5. The van der Waals surface area contributed by atoms with Gasteiger partial charge in [0.1, 0.15) is 5.60 Å². The van der Waals surface area contributed by atoms with Crippen LogP contribution in [0.25, 0.3) is 0 Å². The van der Waals surface area contributed by atoms with Crippen molar-refractivity contribution in [3.8, 4) is 0 Å². The zero-order valence-electron chi connectivity index (χ0n) is 9.31. The van der Waals surface area contributed by atoms with Crippen LogP contribution in [-0.2, 0) is 4.74 Å². The summed E-state index contributed by atoms with van der Waals surface area (Å²) in [5.41, 5.74) is -0.718. The van der Waals surface area contributed by atoms with Gasteiger partial charge in [-0.2, -0.15) is 5.01 Å². The van der Waals surface area contributed by atoms with Crippen LogP contribution >= 0.6 is 0 Å². The number of imide groups is 1. The molecule has 0 aliphatic carbocycles. The Labute approximate surface area is 92.9 Å². The van der Waals surface area contributed by atoms with E-state index in [4.69, 9.17) is 15.0 Å². The van der Waals surface area contributed by atoms with Crippen LogP contribution in [0, 0.1) is 6.26 Å². The van der Waals surface area contributed by atoms with E-state index >= 15 is 0 Å². The summed E-state index contributed by atoms with van der Waals surface area (Å²) >= 11 is 0. The number of hydrogen-bond donors (Lipinski definition) is 1. The first kappa shape index (κ1) is 12.3. The largest absolute Gasteiger partial charge is 0.448 e. The third-order valence-electron chi connectivity index (χ3n) is 1.49. The minimum absolute atomic E-state index is 0.0756. The molecule has 0 bridgehead atoms. The first-order valence-electron chi connectivity index (χ1n) is 4.59. The zero-order valence-corrected chi connectivity index (χ0v) is 9.31. The molecule has 2 amide bonds. The van der Waals surface area contributed by atoms with Crippen LogP contribution in [0.3, 0.4) is 0 Å². The Kier molecular flexibility index (Phi) is 3.34. The quantitative estimate of drug-likeness (QED) is 0.442. The van der Waals surface area contributed by atoms with Crippen molar-refractivity contribution in [1.82, 2.24) is 5.01 Å². The average Bonchev–Trinajstić information content (AvgIpc) is 2.65. The molecule has 87 valence electrons. The summed E-state index contributed by atoms with van der Waals surface area (Å²) in [6, 6.07) is 2.75. The van der Waals surface area contributed by atoms with Gasteiger partial charge >= 0.3 is 12.0 Å². The van der Waals surface area contributed by atoms with Gasteiger partial charge in [-0.05, 0) is 32.9 Å². The van der Waals surface area contributed by atoms with Crippen molar-refractivity contribution in [2.24, 2.45) is 5.84 Å². The average molecular weight is 225 g/mol. The minimum atomic E-state index is -0.936. The van der Waals surface area contributed by atoms with Crippen molar-refractivity contribution in [2.75, 3.05) is 0 Å². The lowest BCUT2D eigenvalue weighted by atomic mass is 10.2. The van der Waals surface area contributed by atoms with Gasteiger partial charge < -0.3 is 9.15 Å². The second-order valence-electron chi connectivity index (χ2n) is 4.07. The van der Waals surface area contributed by atoms with E-state index in [-0.39, 0.29) is 5.76 Å². The molecular weight excluding hydrogens is 212 g/mol. The van der Waals surface area contributed by atoms with Gasteiger partial charge in [0, 0.05) is 0 Å². The molecule has 16 heavy (non-hydrogen) atoms. The molecule has 6 nitrogen and oxygen atoms in total. The topological polar surface area (TPSA) is 85.8 Å². The highest BCUT2D eigenvalue weighted by atomic mass is 16.6. The Morgan fingerprint density at radius 3 is 2.56 bits per heavy atom. The molecule has 0 unspecified atom stereocenters. The third-order valence-corrected chi connectivity index (χ3v) is 1.49. The lowest BCUT2D eigenvalue weighted by Gasteiger charge is -2.22. The fraction of sp³-hybridized carbons (Fsp3) is 0.400. The Balaban J connectivity index is 2.68. The molecule has 0 aliphatic rings. The van der Waals surface area contributed by atoms with Crippen molar-refractivity contribution in [2.45, 2.75) is 26.4 Å². The monoisotopic (exact) mass is 225 g/mol. The molecule has 0 saturated heterocycles. The zero-order chi connectivity index (χ0) is 12.3. The van der Waals surface area contributed by atoms with E-state index in [1.807, 2.05) is 0 Å². The van der Waals surface area contributed by atoms with Crippen LogP contribution in [0.2, 0.25) is 0 Å². The summed E-state index contributed by atoms with van der Waals surface area (Å²) in [6.07, 6.45) is 1.39. The highest BCUT2D eigenvalue weighted by molar-refractivity contribution is 6.00. The molecule has 1 rings (SSSR count). The van der Waals surface area contributed by atoms with Crippen molar-refractivity contribution in [3.63, 3.8) is 0 Å². The second kappa shape index (κ2) is 4.36. The summed E-state index contributed by atoms with van der Waals surface area (Å²) in [5.74, 6) is 4.44. The van der Waals surface area contributed by atoms with Crippen LogP contribution in [0.4, 0.5) is 4.79 Å². The van der Waals surface area contributed by atoms with Gasteiger partial charge in [-0.3, -0.25) is 4.79 Å². The molecular formula is C10H13N2O4. The predicted octanol–water partition coefficient (Wildman–Crippen LogP) is 1.33. The molecule has 0 aromatic carbocycles. The number of carbonyl (C=O) groups is 2. The van der Waals surface area contributed by atoms with Gasteiger partial charge in [-0.15, -0.1) is 0 Å². The molecule has 1 radical (unpaired) electrons. The number of hydrogen-bond acceptors (Lipinski definition) is 5. The highest BCUT2D eigenvalue weighted by Gasteiger charge is 2.26. The second-order valence-corrected chi connectivity index (χ2v) is 4.07. The van der Waals surface area contributed by atoms with E-state index in [0.29, 0.717) is 5.01 Å². The number of rotatable bonds is 1. The number of nitrogens with two attached hydrogens (primary N) is 1. The standard InChI is InChI=1S/C10H13N2O4/c1-10(2,3)16-9(14)12(11)8(13)7-5-4-6-15-7/h4-5H,11H2,1-3H3. The van der Waals surface area contributed by atoms with E-state index in [1.165, 1.54) is 12.1 Å². The minimum Gasteiger partial charge on any atom is -0.448 e. The highest BCUT2D eigenvalue weighted by Crippen LogP contribution is 2.10. The van der Waals surface area contributed by atoms with Gasteiger partial charge in [-0.1, -0.05) is 0 Å². The Morgan fingerprint density at radius 2 is 2.12 bits per heavy atom. The third kappa shape index (κ3) is 3.09. The Hall–Kier alpha value is -1.82. The summed E-state index contributed by atoms with van der Waals surface area (Å²) in [4.78, 5) is 22.9. The number of nitrogens with zero attached hydrogens (tertiary/aromatic N) is 1. The van der Waals surface area contributed by atoms with Gasteiger partial charge in [0.25, 0.3) is 0 Å². The number of amides is 2. The SMILES string of the molecule is CC(C)(C)OC(=O)N(N)C(=O)c1cc[c]o1. The van der Waals surface area contributed by atoms with Crippen LogP contribution in [-0.4, -0.2) is 22.6 Å². The molecule has 1 heterocycles. The van der Waals surface area contributed by atoms with Crippen LogP contribution in [0.1, 0.15) is 31.3 Å². The molecule has 0 saturated carbocycles. The fourth-order valence-electron chi connectivity index (χ4n) is 0.869. The van der Waals surface area contributed by atoms with E-state index in [2.05, 4.69) is 6.26 Å². The van der Waals surface area contributed by atoms with E-state index in [1.54, 1.807) is 20.8 Å². The number of hydrazine groups is 1. The fourth-order valence-corrected chi connectivity index (χ4v) is 0.869.